The minimum absolute atomic E-state index is 0. The number of aromatic nitrogens is 1. The molecule has 6 nitrogen and oxygen atoms in total. The Hall–Kier alpha value is -2.57. The van der Waals surface area contributed by atoms with E-state index in [2.05, 4.69) is 29.4 Å². The third kappa shape index (κ3) is 3.58. The highest BCUT2D eigenvalue weighted by Crippen LogP contribution is 2.43. The largest absolute Gasteiger partial charge is 0.497 e. The Kier molecular flexibility index (Phi) is 6.15. The molecule has 0 saturated heterocycles. The molecule has 0 saturated carbocycles. The van der Waals surface area contributed by atoms with Crippen LogP contribution in [0.1, 0.15) is 29.8 Å². The van der Waals surface area contributed by atoms with Crippen LogP contribution in [-0.4, -0.2) is 39.5 Å². The highest BCUT2D eigenvalue weighted by Gasteiger charge is 2.30. The van der Waals surface area contributed by atoms with Crippen molar-refractivity contribution in [1.29, 1.82) is 0 Å². The maximum Gasteiger partial charge on any atom is 0.203 e. The van der Waals surface area contributed by atoms with E-state index in [0.29, 0.717) is 23.3 Å². The van der Waals surface area contributed by atoms with Gasteiger partial charge in [-0.2, -0.15) is 0 Å². The van der Waals surface area contributed by atoms with Gasteiger partial charge in [0.1, 0.15) is 5.75 Å². The van der Waals surface area contributed by atoms with Crippen molar-refractivity contribution in [2.45, 2.75) is 25.4 Å². The second-order valence-corrected chi connectivity index (χ2v) is 7.09. The Morgan fingerprint density at radius 1 is 0.897 bits per heavy atom. The predicted molar refractivity (Wildman–Crippen MR) is 116 cm³/mol. The van der Waals surface area contributed by atoms with Crippen LogP contribution in [0.15, 0.2) is 30.3 Å². The summed E-state index contributed by atoms with van der Waals surface area (Å²) in [6, 6.07) is 10.5. The number of methoxy groups -OCH3 is 4. The molecule has 2 N–H and O–H groups in total. The molecular weight excluding hydrogens is 392 g/mol. The summed E-state index contributed by atoms with van der Waals surface area (Å²) in [6.45, 7) is 2.20. The van der Waals surface area contributed by atoms with E-state index in [1.807, 2.05) is 18.2 Å². The Balaban J connectivity index is 0.00000240. The first-order valence-electron chi connectivity index (χ1n) is 9.34. The van der Waals surface area contributed by atoms with Gasteiger partial charge in [0.2, 0.25) is 5.75 Å². The molecule has 2 aromatic carbocycles. The highest BCUT2D eigenvalue weighted by atomic mass is 35.5. The van der Waals surface area contributed by atoms with Crippen molar-refractivity contribution in [2.24, 2.45) is 0 Å². The molecule has 2 atom stereocenters. The number of rotatable bonds is 5. The molecule has 156 valence electrons. The van der Waals surface area contributed by atoms with E-state index in [9.17, 15) is 0 Å². The third-order valence-corrected chi connectivity index (χ3v) is 5.42. The topological polar surface area (TPSA) is 64.7 Å². The fraction of sp³-hybridized carbons (Fsp3) is 0.364. The van der Waals surface area contributed by atoms with Crippen LogP contribution < -0.4 is 24.3 Å². The zero-order valence-corrected chi connectivity index (χ0v) is 18.1. The van der Waals surface area contributed by atoms with E-state index in [0.717, 1.165) is 28.9 Å². The third-order valence-electron chi connectivity index (χ3n) is 5.42. The first-order valence-corrected chi connectivity index (χ1v) is 9.34. The number of hydrogen-bond acceptors (Lipinski definition) is 5. The van der Waals surface area contributed by atoms with E-state index < -0.39 is 0 Å². The Morgan fingerprint density at radius 2 is 1.59 bits per heavy atom. The van der Waals surface area contributed by atoms with Crippen LogP contribution in [0.3, 0.4) is 0 Å². The molecule has 3 aromatic rings. The molecule has 1 aromatic heterocycles. The number of nitrogens with one attached hydrogen (secondary N) is 2. The maximum atomic E-state index is 5.55. The lowest BCUT2D eigenvalue weighted by molar-refractivity contribution is 0.322. The van der Waals surface area contributed by atoms with Crippen LogP contribution in [0.25, 0.3) is 10.9 Å². The van der Waals surface area contributed by atoms with E-state index in [-0.39, 0.29) is 18.4 Å². The lowest BCUT2D eigenvalue weighted by Crippen LogP contribution is -2.37. The average Bonchev–Trinajstić information content (AvgIpc) is 3.09. The Bertz CT molecular complexity index is 992. The molecule has 4 rings (SSSR count). The molecule has 2 unspecified atom stereocenters. The molecule has 0 radical (unpaired) electrons. The normalized spacial score (nSPS) is 18.0. The van der Waals surface area contributed by atoms with E-state index in [4.69, 9.17) is 18.9 Å². The molecule has 1 aliphatic heterocycles. The van der Waals surface area contributed by atoms with Crippen molar-refractivity contribution in [3.05, 3.63) is 47.2 Å². The van der Waals surface area contributed by atoms with Crippen LogP contribution in [0, 0.1) is 0 Å². The molecule has 0 amide bonds. The van der Waals surface area contributed by atoms with Gasteiger partial charge in [-0.05, 0) is 54.8 Å². The summed E-state index contributed by atoms with van der Waals surface area (Å²) in [6.07, 6.45) is 0.948. The van der Waals surface area contributed by atoms with Crippen molar-refractivity contribution in [2.75, 3.05) is 28.4 Å². The molecule has 0 spiro atoms. The first-order chi connectivity index (χ1) is 13.6. The zero-order valence-electron chi connectivity index (χ0n) is 17.3. The zero-order chi connectivity index (χ0) is 19.8. The van der Waals surface area contributed by atoms with Crippen molar-refractivity contribution in [3.8, 4) is 23.0 Å². The lowest BCUT2D eigenvalue weighted by atomic mass is 9.90. The number of aromatic amines is 1. The molecule has 0 bridgehead atoms. The van der Waals surface area contributed by atoms with Crippen LogP contribution in [0.2, 0.25) is 0 Å². The predicted octanol–water partition coefficient (Wildman–Crippen LogP) is 4.25. The lowest BCUT2D eigenvalue weighted by Gasteiger charge is -2.30. The van der Waals surface area contributed by atoms with Crippen molar-refractivity contribution >= 4 is 23.3 Å². The molecule has 2 heterocycles. The van der Waals surface area contributed by atoms with Gasteiger partial charge in [0, 0.05) is 22.6 Å². The van der Waals surface area contributed by atoms with E-state index >= 15 is 0 Å². The van der Waals surface area contributed by atoms with E-state index in [1.54, 1.807) is 28.4 Å². The van der Waals surface area contributed by atoms with Gasteiger partial charge in [-0.1, -0.05) is 0 Å². The van der Waals surface area contributed by atoms with Gasteiger partial charge in [-0.3, -0.25) is 0 Å². The summed E-state index contributed by atoms with van der Waals surface area (Å²) in [7, 11) is 6.59. The molecular formula is C22H27ClN2O4. The van der Waals surface area contributed by atoms with Crippen LogP contribution in [0.5, 0.6) is 23.0 Å². The van der Waals surface area contributed by atoms with Gasteiger partial charge in [0.05, 0.1) is 34.5 Å². The summed E-state index contributed by atoms with van der Waals surface area (Å²) in [5.74, 6) is 2.76. The van der Waals surface area contributed by atoms with Gasteiger partial charge in [0.25, 0.3) is 0 Å². The molecule has 7 heteroatoms. The highest BCUT2D eigenvalue weighted by molar-refractivity contribution is 5.87. The quantitative estimate of drug-likeness (QED) is 0.648. The standard InChI is InChI=1S/C22H26N2O4.ClH/c1-12-8-16-15-11-14(25-2)6-7-17(15)24-21(16)20(23-12)13-9-18(26-3)22(28-5)19(10-13)27-4;/h6-7,9-12,20,23-24H,8H2,1-5H3;1H. The number of hydrogen-bond donors (Lipinski definition) is 2. The summed E-state index contributed by atoms with van der Waals surface area (Å²) in [5.41, 5.74) is 4.65. The minimum Gasteiger partial charge on any atom is -0.497 e. The van der Waals surface area contributed by atoms with Crippen molar-refractivity contribution in [3.63, 3.8) is 0 Å². The van der Waals surface area contributed by atoms with E-state index in [1.165, 1.54) is 10.9 Å². The first kappa shape index (κ1) is 21.1. The second-order valence-electron chi connectivity index (χ2n) is 7.09. The Morgan fingerprint density at radius 3 is 2.17 bits per heavy atom. The molecule has 1 aliphatic rings. The number of ether oxygens (including phenoxy) is 4. The van der Waals surface area contributed by atoms with Gasteiger partial charge < -0.3 is 29.2 Å². The minimum atomic E-state index is -0.00847. The molecule has 29 heavy (non-hydrogen) atoms. The number of fused-ring (bicyclic) bond motifs is 3. The van der Waals surface area contributed by atoms with Gasteiger partial charge in [-0.15, -0.1) is 12.4 Å². The fourth-order valence-electron chi connectivity index (χ4n) is 4.10. The van der Waals surface area contributed by atoms with Crippen molar-refractivity contribution in [1.82, 2.24) is 10.3 Å². The number of halogens is 1. The SMILES string of the molecule is COc1ccc2[nH]c3c(c2c1)CC(C)NC3c1cc(OC)c(OC)c(OC)c1.Cl. The fourth-order valence-corrected chi connectivity index (χ4v) is 4.10. The number of H-pyrrole nitrogens is 1. The van der Waals surface area contributed by atoms with Crippen LogP contribution in [0.4, 0.5) is 0 Å². The maximum absolute atomic E-state index is 5.55. The average molecular weight is 419 g/mol. The Labute approximate surface area is 176 Å². The van der Waals surface area contributed by atoms with Gasteiger partial charge in [-0.25, -0.2) is 0 Å². The second kappa shape index (κ2) is 8.43. The van der Waals surface area contributed by atoms with Crippen molar-refractivity contribution < 1.29 is 18.9 Å². The number of benzene rings is 2. The van der Waals surface area contributed by atoms with Crippen LogP contribution in [-0.2, 0) is 6.42 Å². The van der Waals surface area contributed by atoms with Crippen LogP contribution >= 0.6 is 12.4 Å². The van der Waals surface area contributed by atoms with Gasteiger partial charge >= 0.3 is 0 Å². The summed E-state index contributed by atoms with van der Waals surface area (Å²) >= 11 is 0. The monoisotopic (exact) mass is 418 g/mol. The molecule has 0 fully saturated rings. The summed E-state index contributed by atoms with van der Waals surface area (Å²) in [4.78, 5) is 3.61. The summed E-state index contributed by atoms with van der Waals surface area (Å²) < 4.78 is 22.0. The smallest absolute Gasteiger partial charge is 0.203 e. The van der Waals surface area contributed by atoms with Gasteiger partial charge in [0.15, 0.2) is 11.5 Å². The molecule has 0 aliphatic carbocycles. The summed E-state index contributed by atoms with van der Waals surface area (Å²) in [5, 5.41) is 4.91.